The minimum atomic E-state index is -3.29. The number of benzene rings is 1. The van der Waals surface area contributed by atoms with E-state index in [2.05, 4.69) is 0 Å². The number of thioether (sulfide) groups is 1. The lowest BCUT2D eigenvalue weighted by atomic mass is 10.0. The van der Waals surface area contributed by atoms with Crippen molar-refractivity contribution in [3.05, 3.63) is 28.8 Å². The van der Waals surface area contributed by atoms with Crippen molar-refractivity contribution in [2.45, 2.75) is 29.4 Å². The number of Topliss-reactive ketones (excluding diaryl/α,β-unsaturated/α-hetero) is 1. The summed E-state index contributed by atoms with van der Waals surface area (Å²) in [4.78, 5) is 12.5. The van der Waals surface area contributed by atoms with Crippen LogP contribution in [0.2, 0.25) is 5.02 Å². The molecule has 1 aromatic rings. The van der Waals surface area contributed by atoms with Crippen LogP contribution >= 0.6 is 23.4 Å². The lowest BCUT2D eigenvalue weighted by Crippen LogP contribution is -2.21. The summed E-state index contributed by atoms with van der Waals surface area (Å²) in [5.41, 5.74) is 0.425. The van der Waals surface area contributed by atoms with Crippen LogP contribution in [-0.4, -0.2) is 31.5 Å². The molecule has 0 bridgehead atoms. The van der Waals surface area contributed by atoms with E-state index in [-0.39, 0.29) is 21.0 Å². The number of carbonyl (C=O) groups excluding carboxylic acids is 1. The van der Waals surface area contributed by atoms with Crippen LogP contribution in [0.5, 0.6) is 0 Å². The van der Waals surface area contributed by atoms with Crippen LogP contribution in [0, 0.1) is 0 Å². The van der Waals surface area contributed by atoms with Crippen molar-refractivity contribution in [2.24, 2.45) is 0 Å². The van der Waals surface area contributed by atoms with Crippen molar-refractivity contribution >= 4 is 39.0 Å². The van der Waals surface area contributed by atoms with Gasteiger partial charge in [-0.15, -0.1) is 0 Å². The molecule has 1 heterocycles. The molecular formula is C13H15ClO3S2. The van der Waals surface area contributed by atoms with E-state index in [0.29, 0.717) is 5.56 Å². The molecule has 0 N–H and O–H groups in total. The van der Waals surface area contributed by atoms with Gasteiger partial charge in [0.1, 0.15) is 0 Å². The lowest BCUT2D eigenvalue weighted by molar-refractivity contribution is 0.0985. The first-order chi connectivity index (χ1) is 8.89. The predicted octanol–water partition coefficient (Wildman–Crippen LogP) is 3.21. The molecule has 1 fully saturated rings. The Morgan fingerprint density at radius 1 is 1.37 bits per heavy atom. The normalized spacial score (nSPS) is 20.2. The third kappa shape index (κ3) is 3.52. The zero-order valence-corrected chi connectivity index (χ0v) is 12.9. The highest BCUT2D eigenvalue weighted by atomic mass is 35.5. The number of rotatable bonds is 3. The molecule has 1 unspecified atom stereocenters. The first-order valence-electron chi connectivity index (χ1n) is 6.05. The van der Waals surface area contributed by atoms with Gasteiger partial charge in [0, 0.05) is 11.8 Å². The standard InChI is InChI=1S/C13H15ClO3S2/c1-19(16,17)9-5-6-10(11(14)8-9)13(15)12-4-2-3-7-18-12/h5-6,8,12H,2-4,7H2,1H3. The van der Waals surface area contributed by atoms with E-state index < -0.39 is 9.84 Å². The maximum Gasteiger partial charge on any atom is 0.177 e. The monoisotopic (exact) mass is 318 g/mol. The van der Waals surface area contributed by atoms with Gasteiger partial charge in [-0.1, -0.05) is 18.0 Å². The van der Waals surface area contributed by atoms with Crippen molar-refractivity contribution in [3.63, 3.8) is 0 Å². The second-order valence-corrected chi connectivity index (χ2v) is 8.37. The van der Waals surface area contributed by atoms with Crippen molar-refractivity contribution in [1.29, 1.82) is 0 Å². The highest BCUT2D eigenvalue weighted by Gasteiger charge is 2.25. The zero-order valence-electron chi connectivity index (χ0n) is 10.6. The first-order valence-corrected chi connectivity index (χ1v) is 9.37. The molecule has 0 spiro atoms. The van der Waals surface area contributed by atoms with Crippen molar-refractivity contribution in [1.82, 2.24) is 0 Å². The van der Waals surface area contributed by atoms with Gasteiger partial charge in [-0.3, -0.25) is 4.79 Å². The Balaban J connectivity index is 2.28. The summed E-state index contributed by atoms with van der Waals surface area (Å²) < 4.78 is 22.8. The van der Waals surface area contributed by atoms with E-state index in [0.717, 1.165) is 31.3 Å². The summed E-state index contributed by atoms with van der Waals surface area (Å²) in [6.45, 7) is 0. The van der Waals surface area contributed by atoms with Gasteiger partial charge in [0.15, 0.2) is 15.6 Å². The predicted molar refractivity (Wildman–Crippen MR) is 79.0 cm³/mol. The number of hydrogen-bond donors (Lipinski definition) is 0. The van der Waals surface area contributed by atoms with Gasteiger partial charge in [0.05, 0.1) is 15.2 Å². The third-order valence-electron chi connectivity index (χ3n) is 3.11. The summed E-state index contributed by atoms with van der Waals surface area (Å²) in [6, 6.07) is 4.33. The van der Waals surface area contributed by atoms with Crippen LogP contribution in [0.25, 0.3) is 0 Å². The van der Waals surface area contributed by atoms with E-state index in [1.807, 2.05) is 0 Å². The van der Waals surface area contributed by atoms with Crippen LogP contribution < -0.4 is 0 Å². The molecule has 3 nitrogen and oxygen atoms in total. The fraction of sp³-hybridized carbons (Fsp3) is 0.462. The van der Waals surface area contributed by atoms with Crippen molar-refractivity contribution in [3.8, 4) is 0 Å². The van der Waals surface area contributed by atoms with Crippen LogP contribution in [0.4, 0.5) is 0 Å². The van der Waals surface area contributed by atoms with Gasteiger partial charge >= 0.3 is 0 Å². The quantitative estimate of drug-likeness (QED) is 0.803. The van der Waals surface area contributed by atoms with Gasteiger partial charge in [-0.25, -0.2) is 8.42 Å². The van der Waals surface area contributed by atoms with Gasteiger partial charge in [-0.2, -0.15) is 11.8 Å². The van der Waals surface area contributed by atoms with Crippen LogP contribution in [0.15, 0.2) is 23.1 Å². The molecule has 0 amide bonds. The molecule has 1 saturated heterocycles. The number of carbonyl (C=O) groups is 1. The fourth-order valence-corrected chi connectivity index (χ4v) is 4.30. The van der Waals surface area contributed by atoms with Gasteiger partial charge in [0.25, 0.3) is 0 Å². The Morgan fingerprint density at radius 3 is 2.63 bits per heavy atom. The van der Waals surface area contributed by atoms with Crippen molar-refractivity contribution in [2.75, 3.05) is 12.0 Å². The van der Waals surface area contributed by atoms with E-state index >= 15 is 0 Å². The number of ketones is 1. The highest BCUT2D eigenvalue weighted by Crippen LogP contribution is 2.30. The van der Waals surface area contributed by atoms with Crippen LogP contribution in [0.1, 0.15) is 29.6 Å². The molecule has 0 aliphatic carbocycles. The summed E-state index contributed by atoms with van der Waals surface area (Å²) in [7, 11) is -3.29. The molecule has 1 aliphatic rings. The first kappa shape index (κ1) is 14.9. The van der Waals surface area contributed by atoms with E-state index in [1.54, 1.807) is 11.8 Å². The number of sulfone groups is 1. The summed E-state index contributed by atoms with van der Waals surface area (Å²) >= 11 is 7.71. The molecule has 6 heteroatoms. The molecule has 0 saturated carbocycles. The SMILES string of the molecule is CS(=O)(=O)c1ccc(C(=O)C2CCCCS2)c(Cl)c1. The molecular weight excluding hydrogens is 304 g/mol. The molecule has 1 aromatic carbocycles. The van der Waals surface area contributed by atoms with Crippen LogP contribution in [-0.2, 0) is 9.84 Å². The van der Waals surface area contributed by atoms with E-state index in [4.69, 9.17) is 11.6 Å². The maximum atomic E-state index is 12.3. The molecule has 1 aliphatic heterocycles. The minimum absolute atomic E-state index is 0.00903. The van der Waals surface area contributed by atoms with Gasteiger partial charge < -0.3 is 0 Å². The topological polar surface area (TPSA) is 51.2 Å². The van der Waals surface area contributed by atoms with E-state index in [9.17, 15) is 13.2 Å². The minimum Gasteiger partial charge on any atom is -0.293 e. The smallest absolute Gasteiger partial charge is 0.177 e. The Hall–Kier alpha value is -0.520. The molecule has 19 heavy (non-hydrogen) atoms. The summed E-state index contributed by atoms with van der Waals surface area (Å²) in [5.74, 6) is 1.00. The molecule has 1 atom stereocenters. The maximum absolute atomic E-state index is 12.3. The molecule has 2 rings (SSSR count). The largest absolute Gasteiger partial charge is 0.293 e. The number of halogens is 1. The number of hydrogen-bond acceptors (Lipinski definition) is 4. The Morgan fingerprint density at radius 2 is 2.11 bits per heavy atom. The molecule has 104 valence electrons. The molecule has 0 radical (unpaired) electrons. The Labute approximate surface area is 122 Å². The average molecular weight is 319 g/mol. The summed E-state index contributed by atoms with van der Waals surface area (Å²) in [6.07, 6.45) is 4.20. The summed E-state index contributed by atoms with van der Waals surface area (Å²) in [5, 5.41) is 0.175. The van der Waals surface area contributed by atoms with Gasteiger partial charge in [0.2, 0.25) is 0 Å². The average Bonchev–Trinajstić information content (AvgIpc) is 2.38. The van der Waals surface area contributed by atoms with Crippen molar-refractivity contribution < 1.29 is 13.2 Å². The molecule has 0 aromatic heterocycles. The van der Waals surface area contributed by atoms with Crippen LogP contribution in [0.3, 0.4) is 0 Å². The second kappa shape index (κ2) is 5.85. The van der Waals surface area contributed by atoms with Gasteiger partial charge in [-0.05, 0) is 36.8 Å². The van der Waals surface area contributed by atoms with E-state index in [1.165, 1.54) is 18.2 Å². The third-order valence-corrected chi connectivity index (χ3v) is 5.91. The Bertz CT molecular complexity index is 590. The zero-order chi connectivity index (χ0) is 14.0. The fourth-order valence-electron chi connectivity index (χ4n) is 2.05. The lowest BCUT2D eigenvalue weighted by Gasteiger charge is -2.20. The highest BCUT2D eigenvalue weighted by molar-refractivity contribution is 8.00. The second-order valence-electron chi connectivity index (χ2n) is 4.63. The Kier molecular flexibility index (Phi) is 4.58.